The van der Waals surface area contributed by atoms with Crippen molar-refractivity contribution in [2.75, 3.05) is 0 Å². The van der Waals surface area contributed by atoms with E-state index in [2.05, 4.69) is 4.98 Å². The van der Waals surface area contributed by atoms with Gasteiger partial charge in [0.05, 0.1) is 11.3 Å². The number of rotatable bonds is 3. The van der Waals surface area contributed by atoms with Crippen LogP contribution in [0.3, 0.4) is 0 Å². The summed E-state index contributed by atoms with van der Waals surface area (Å²) in [6, 6.07) is 1.32. The fraction of sp³-hybridized carbons (Fsp3) is 0.364. The average molecular weight is 285 g/mol. The zero-order valence-electron chi connectivity index (χ0n) is 9.66. The third-order valence-electron chi connectivity index (χ3n) is 2.88. The molecule has 0 amide bonds. The van der Waals surface area contributed by atoms with Crippen LogP contribution in [0.15, 0.2) is 16.7 Å². The molecule has 0 bridgehead atoms. The second-order valence-corrected chi connectivity index (χ2v) is 7.20. The van der Waals surface area contributed by atoms with Crippen LogP contribution in [0.25, 0.3) is 11.5 Å². The van der Waals surface area contributed by atoms with Crippen molar-refractivity contribution in [1.82, 2.24) is 4.98 Å². The molecule has 2 N–H and O–H groups in total. The molecule has 1 fully saturated rings. The fourth-order valence-electron chi connectivity index (χ4n) is 1.94. The minimum Gasteiger partial charge on any atom is -0.462 e. The lowest BCUT2D eigenvalue weighted by Crippen LogP contribution is -2.04. The van der Waals surface area contributed by atoms with Gasteiger partial charge >= 0.3 is 7.60 Å². The molecular weight excluding hydrogens is 273 g/mol. The second kappa shape index (κ2) is 4.03. The third-order valence-corrected chi connectivity index (χ3v) is 4.99. The predicted molar refractivity (Wildman–Crippen MR) is 68.2 cm³/mol. The molecule has 2 aromatic heterocycles. The van der Waals surface area contributed by atoms with Crippen LogP contribution >= 0.6 is 18.9 Å². The maximum absolute atomic E-state index is 11.4. The maximum Gasteiger partial charge on any atom is 0.360 e. The van der Waals surface area contributed by atoms with Gasteiger partial charge in [0.2, 0.25) is 0 Å². The highest BCUT2D eigenvalue weighted by atomic mass is 32.1. The van der Waals surface area contributed by atoms with E-state index < -0.39 is 7.60 Å². The van der Waals surface area contributed by atoms with Crippen molar-refractivity contribution in [3.05, 3.63) is 22.2 Å². The third kappa shape index (κ3) is 2.06. The monoisotopic (exact) mass is 285 g/mol. The highest BCUT2D eigenvalue weighted by Crippen LogP contribution is 2.48. The summed E-state index contributed by atoms with van der Waals surface area (Å²) in [5.74, 6) is 0.690. The molecule has 0 radical (unpaired) electrons. The van der Waals surface area contributed by atoms with Gasteiger partial charge in [0.25, 0.3) is 0 Å². The standard InChI is InChI=1S/C11H12NO4PS/c1-6-12-9(11(18-6)7-2-3-7)10-8(4-5-16-10)17(13,14)15/h4-5,7H,2-3H2,1H3,(H2,13,14,15). The molecule has 2 heterocycles. The van der Waals surface area contributed by atoms with Gasteiger partial charge < -0.3 is 14.2 Å². The first kappa shape index (κ1) is 12.1. The minimum absolute atomic E-state index is 0.0744. The van der Waals surface area contributed by atoms with Crippen LogP contribution in [-0.4, -0.2) is 14.8 Å². The van der Waals surface area contributed by atoms with Crippen LogP contribution < -0.4 is 5.30 Å². The Balaban J connectivity index is 2.15. The normalized spacial score (nSPS) is 16.2. The van der Waals surface area contributed by atoms with Gasteiger partial charge in [0.15, 0.2) is 5.76 Å². The first-order valence-corrected chi connectivity index (χ1v) is 8.01. The number of thiazole rings is 1. The first-order valence-electron chi connectivity index (χ1n) is 5.58. The predicted octanol–water partition coefficient (Wildman–Crippen LogP) is 2.39. The Labute approximate surface area is 108 Å². The molecule has 1 saturated carbocycles. The Bertz CT molecular complexity index is 637. The van der Waals surface area contributed by atoms with Crippen LogP contribution in [-0.2, 0) is 4.57 Å². The van der Waals surface area contributed by atoms with Crippen molar-refractivity contribution in [3.8, 4) is 11.5 Å². The Hall–Kier alpha value is -0.940. The van der Waals surface area contributed by atoms with E-state index in [0.29, 0.717) is 11.6 Å². The van der Waals surface area contributed by atoms with Crippen LogP contribution in [0.1, 0.15) is 28.6 Å². The van der Waals surface area contributed by atoms with Crippen molar-refractivity contribution < 1.29 is 18.8 Å². The zero-order valence-corrected chi connectivity index (χ0v) is 11.4. The van der Waals surface area contributed by atoms with Gasteiger partial charge in [-0.15, -0.1) is 11.3 Å². The molecule has 0 spiro atoms. The van der Waals surface area contributed by atoms with E-state index in [1.807, 2.05) is 6.92 Å². The van der Waals surface area contributed by atoms with Gasteiger partial charge in [0.1, 0.15) is 11.0 Å². The number of hydrogen-bond acceptors (Lipinski definition) is 4. The lowest BCUT2D eigenvalue weighted by Gasteiger charge is -2.03. The fourth-order valence-corrected chi connectivity index (χ4v) is 3.71. The lowest BCUT2D eigenvalue weighted by molar-refractivity contribution is 0.387. The molecule has 7 heteroatoms. The van der Waals surface area contributed by atoms with Crippen LogP contribution in [0.4, 0.5) is 0 Å². The van der Waals surface area contributed by atoms with Crippen molar-refractivity contribution in [2.24, 2.45) is 0 Å². The molecule has 0 saturated heterocycles. The summed E-state index contributed by atoms with van der Waals surface area (Å²) >= 11 is 1.58. The molecule has 1 aliphatic rings. The second-order valence-electron chi connectivity index (χ2n) is 4.40. The Kier molecular flexibility index (Phi) is 2.71. The van der Waals surface area contributed by atoms with Crippen LogP contribution in [0.2, 0.25) is 0 Å². The summed E-state index contributed by atoms with van der Waals surface area (Å²) in [5.41, 5.74) is 0.600. The summed E-state index contributed by atoms with van der Waals surface area (Å²) in [6.45, 7) is 1.89. The van der Waals surface area contributed by atoms with Gasteiger partial charge in [-0.2, -0.15) is 0 Å². The molecular formula is C11H12NO4PS. The van der Waals surface area contributed by atoms with E-state index in [1.54, 1.807) is 11.3 Å². The highest BCUT2D eigenvalue weighted by Gasteiger charge is 2.34. The number of hydrogen-bond donors (Lipinski definition) is 2. The summed E-state index contributed by atoms with van der Waals surface area (Å²) < 4.78 is 16.7. The van der Waals surface area contributed by atoms with Crippen molar-refractivity contribution in [3.63, 3.8) is 0 Å². The van der Waals surface area contributed by atoms with Gasteiger partial charge in [-0.05, 0) is 31.7 Å². The molecule has 0 atom stereocenters. The molecule has 2 aromatic rings. The molecule has 0 aromatic carbocycles. The van der Waals surface area contributed by atoms with Crippen molar-refractivity contribution in [2.45, 2.75) is 25.7 Å². The quantitative estimate of drug-likeness (QED) is 0.846. The van der Waals surface area contributed by atoms with Gasteiger partial charge in [-0.1, -0.05) is 0 Å². The molecule has 18 heavy (non-hydrogen) atoms. The summed E-state index contributed by atoms with van der Waals surface area (Å²) in [6.07, 6.45) is 3.52. The van der Waals surface area contributed by atoms with E-state index in [0.717, 1.165) is 22.7 Å². The van der Waals surface area contributed by atoms with Crippen LogP contribution in [0, 0.1) is 6.92 Å². The van der Waals surface area contributed by atoms with Gasteiger partial charge in [0, 0.05) is 4.88 Å². The van der Waals surface area contributed by atoms with E-state index in [-0.39, 0.29) is 11.1 Å². The van der Waals surface area contributed by atoms with E-state index in [1.165, 1.54) is 12.3 Å². The Morgan fingerprint density at radius 3 is 2.83 bits per heavy atom. The van der Waals surface area contributed by atoms with E-state index in [9.17, 15) is 14.4 Å². The highest BCUT2D eigenvalue weighted by molar-refractivity contribution is 7.60. The zero-order chi connectivity index (χ0) is 12.9. The summed E-state index contributed by atoms with van der Waals surface area (Å²) in [5, 5.41) is 0.815. The number of aromatic nitrogens is 1. The van der Waals surface area contributed by atoms with E-state index >= 15 is 0 Å². The molecule has 96 valence electrons. The molecule has 1 aliphatic carbocycles. The largest absolute Gasteiger partial charge is 0.462 e. The van der Waals surface area contributed by atoms with Gasteiger partial charge in [-0.25, -0.2) is 4.98 Å². The van der Waals surface area contributed by atoms with Gasteiger partial charge in [-0.3, -0.25) is 4.57 Å². The van der Waals surface area contributed by atoms with E-state index in [4.69, 9.17) is 4.42 Å². The summed E-state index contributed by atoms with van der Waals surface area (Å²) in [4.78, 5) is 24.0. The maximum atomic E-state index is 11.4. The Morgan fingerprint density at radius 2 is 2.22 bits per heavy atom. The van der Waals surface area contributed by atoms with Crippen LogP contribution in [0.5, 0.6) is 0 Å². The molecule has 0 unspecified atom stereocenters. The van der Waals surface area contributed by atoms with Crippen molar-refractivity contribution >= 4 is 24.2 Å². The number of furan rings is 1. The van der Waals surface area contributed by atoms with Crippen molar-refractivity contribution in [1.29, 1.82) is 0 Å². The SMILES string of the molecule is Cc1nc(-c2occc2P(=O)(O)O)c(C2CC2)s1. The Morgan fingerprint density at radius 1 is 1.50 bits per heavy atom. The summed E-state index contributed by atoms with van der Waals surface area (Å²) in [7, 11) is -4.32. The molecule has 3 rings (SSSR count). The topological polar surface area (TPSA) is 83.6 Å². The number of nitrogens with zero attached hydrogens (tertiary/aromatic N) is 1. The molecule has 0 aliphatic heterocycles. The minimum atomic E-state index is -4.32. The first-order chi connectivity index (χ1) is 8.47. The average Bonchev–Trinajstić information content (AvgIpc) is 2.85. The smallest absolute Gasteiger partial charge is 0.360 e. The molecule has 5 nitrogen and oxygen atoms in total. The number of aryl methyl sites for hydroxylation is 1. The lowest BCUT2D eigenvalue weighted by atomic mass is 10.2.